The number of amides is 1. The largest absolute Gasteiger partial charge is 0.325 e. The molecule has 1 amide bonds. The van der Waals surface area contributed by atoms with E-state index in [1.54, 1.807) is 18.2 Å². The van der Waals surface area contributed by atoms with E-state index in [0.717, 1.165) is 4.47 Å². The lowest BCUT2D eigenvalue weighted by Crippen LogP contribution is -2.15. The summed E-state index contributed by atoms with van der Waals surface area (Å²) >= 11 is 9.20. The summed E-state index contributed by atoms with van der Waals surface area (Å²) in [5, 5.41) is 2.95. The van der Waals surface area contributed by atoms with Crippen molar-refractivity contribution in [3.05, 3.63) is 63.3 Å². The van der Waals surface area contributed by atoms with Crippen molar-refractivity contribution < 1.29 is 9.18 Å². The van der Waals surface area contributed by atoms with Crippen molar-refractivity contribution in [2.45, 2.75) is 6.42 Å². The maximum absolute atomic E-state index is 13.6. The molecule has 2 nitrogen and oxygen atoms in total. The molecule has 0 saturated carbocycles. The third-order valence-electron chi connectivity index (χ3n) is 2.55. The number of hydrogen-bond acceptors (Lipinski definition) is 1. The first kappa shape index (κ1) is 14.0. The zero-order valence-electron chi connectivity index (χ0n) is 9.79. The summed E-state index contributed by atoms with van der Waals surface area (Å²) in [6, 6.07) is 11.6. The summed E-state index contributed by atoms with van der Waals surface area (Å²) in [4.78, 5) is 11.9. The van der Waals surface area contributed by atoms with Gasteiger partial charge in [0.25, 0.3) is 0 Å². The molecule has 2 rings (SSSR count). The number of anilines is 1. The number of halogens is 3. The molecule has 0 radical (unpaired) electrons. The maximum Gasteiger partial charge on any atom is 0.228 e. The van der Waals surface area contributed by atoms with Gasteiger partial charge in [0.05, 0.1) is 12.1 Å². The second kappa shape index (κ2) is 6.17. The third-order valence-corrected chi connectivity index (χ3v) is 3.59. The first-order chi connectivity index (χ1) is 9.08. The van der Waals surface area contributed by atoms with Gasteiger partial charge in [-0.05, 0) is 40.2 Å². The van der Waals surface area contributed by atoms with Crippen LogP contribution in [-0.4, -0.2) is 5.91 Å². The highest BCUT2D eigenvalue weighted by Gasteiger charge is 2.12. The number of nitrogens with one attached hydrogen (secondary N) is 1. The number of rotatable bonds is 3. The zero-order valence-corrected chi connectivity index (χ0v) is 12.1. The summed E-state index contributed by atoms with van der Waals surface area (Å²) in [5.41, 5.74) is 0.841. The van der Waals surface area contributed by atoms with E-state index in [2.05, 4.69) is 21.2 Å². The molecule has 0 unspecified atom stereocenters. The van der Waals surface area contributed by atoms with Gasteiger partial charge in [0, 0.05) is 15.1 Å². The van der Waals surface area contributed by atoms with Crippen LogP contribution in [0, 0.1) is 5.82 Å². The lowest BCUT2D eigenvalue weighted by Gasteiger charge is -2.08. The Balaban J connectivity index is 2.12. The maximum atomic E-state index is 13.6. The van der Waals surface area contributed by atoms with E-state index < -0.39 is 5.82 Å². The van der Waals surface area contributed by atoms with E-state index in [9.17, 15) is 9.18 Å². The molecule has 1 N–H and O–H groups in total. The standard InChI is InChI=1S/C14H10BrClFNO/c15-10-4-1-2-7-13(10)18-14(19)8-9-11(16)5-3-6-12(9)17/h1-7H,8H2,(H,18,19). The molecular formula is C14H10BrClFNO. The van der Waals surface area contributed by atoms with Crippen LogP contribution in [0.2, 0.25) is 5.02 Å². The first-order valence-electron chi connectivity index (χ1n) is 5.55. The minimum absolute atomic E-state index is 0.104. The van der Waals surface area contributed by atoms with E-state index in [1.807, 2.05) is 12.1 Å². The lowest BCUT2D eigenvalue weighted by atomic mass is 10.1. The molecule has 98 valence electrons. The number of para-hydroxylation sites is 1. The number of benzene rings is 2. The number of hydrogen-bond donors (Lipinski definition) is 1. The SMILES string of the molecule is O=C(Cc1c(F)cccc1Cl)Nc1ccccc1Br. The molecular weight excluding hydrogens is 333 g/mol. The Morgan fingerprint density at radius 3 is 2.63 bits per heavy atom. The molecule has 0 bridgehead atoms. The van der Waals surface area contributed by atoms with Crippen molar-refractivity contribution in [2.75, 3.05) is 5.32 Å². The highest BCUT2D eigenvalue weighted by Crippen LogP contribution is 2.23. The van der Waals surface area contributed by atoms with Gasteiger partial charge in [-0.25, -0.2) is 4.39 Å². The molecule has 5 heteroatoms. The van der Waals surface area contributed by atoms with Crippen molar-refractivity contribution in [3.63, 3.8) is 0 Å². The van der Waals surface area contributed by atoms with Gasteiger partial charge in [-0.3, -0.25) is 4.79 Å². The van der Waals surface area contributed by atoms with Crippen LogP contribution >= 0.6 is 27.5 Å². The Hall–Kier alpha value is -1.39. The van der Waals surface area contributed by atoms with Crippen LogP contribution in [0.3, 0.4) is 0 Å². The Kier molecular flexibility index (Phi) is 4.56. The molecule has 0 aromatic heterocycles. The Morgan fingerprint density at radius 2 is 1.95 bits per heavy atom. The predicted octanol–water partition coefficient (Wildman–Crippen LogP) is 4.42. The summed E-state index contributed by atoms with van der Waals surface area (Å²) in [5.74, 6) is -0.798. The monoisotopic (exact) mass is 341 g/mol. The van der Waals surface area contributed by atoms with E-state index >= 15 is 0 Å². The fourth-order valence-electron chi connectivity index (χ4n) is 1.62. The molecule has 0 aliphatic carbocycles. The van der Waals surface area contributed by atoms with Gasteiger partial charge >= 0.3 is 0 Å². The van der Waals surface area contributed by atoms with E-state index in [4.69, 9.17) is 11.6 Å². The topological polar surface area (TPSA) is 29.1 Å². The van der Waals surface area contributed by atoms with Crippen LogP contribution < -0.4 is 5.32 Å². The Morgan fingerprint density at radius 1 is 1.21 bits per heavy atom. The molecule has 19 heavy (non-hydrogen) atoms. The molecule has 0 aliphatic heterocycles. The fourth-order valence-corrected chi connectivity index (χ4v) is 2.23. The average Bonchev–Trinajstić information content (AvgIpc) is 2.37. The van der Waals surface area contributed by atoms with Crippen molar-refractivity contribution in [3.8, 4) is 0 Å². The van der Waals surface area contributed by atoms with Crippen LogP contribution in [0.15, 0.2) is 46.9 Å². The van der Waals surface area contributed by atoms with Crippen molar-refractivity contribution in [1.29, 1.82) is 0 Å². The molecule has 0 heterocycles. The molecule has 0 fully saturated rings. The second-order valence-corrected chi connectivity index (χ2v) is 5.17. The minimum atomic E-state index is -0.477. The van der Waals surface area contributed by atoms with Crippen molar-refractivity contribution in [2.24, 2.45) is 0 Å². The lowest BCUT2D eigenvalue weighted by molar-refractivity contribution is -0.115. The normalized spacial score (nSPS) is 10.3. The van der Waals surface area contributed by atoms with Crippen molar-refractivity contribution >= 4 is 39.1 Å². The number of carbonyl (C=O) groups excluding carboxylic acids is 1. The van der Waals surface area contributed by atoms with Crippen molar-refractivity contribution in [1.82, 2.24) is 0 Å². The predicted molar refractivity (Wildman–Crippen MR) is 77.9 cm³/mol. The van der Waals surface area contributed by atoms with Gasteiger partial charge in [0.1, 0.15) is 5.82 Å². The summed E-state index contributed by atoms with van der Waals surface area (Å²) in [6.07, 6.45) is -0.104. The Labute approximate surface area is 123 Å². The fraction of sp³-hybridized carbons (Fsp3) is 0.0714. The second-order valence-electron chi connectivity index (χ2n) is 3.91. The quantitative estimate of drug-likeness (QED) is 0.879. The summed E-state index contributed by atoms with van der Waals surface area (Å²) in [6.45, 7) is 0. The summed E-state index contributed by atoms with van der Waals surface area (Å²) < 4.78 is 14.3. The molecule has 0 atom stereocenters. The minimum Gasteiger partial charge on any atom is -0.325 e. The van der Waals surface area contributed by atoms with Crippen LogP contribution in [0.5, 0.6) is 0 Å². The van der Waals surface area contributed by atoms with Crippen LogP contribution in [-0.2, 0) is 11.2 Å². The van der Waals surface area contributed by atoms with Gasteiger partial charge in [0.2, 0.25) is 5.91 Å². The van der Waals surface area contributed by atoms with Gasteiger partial charge in [-0.1, -0.05) is 29.8 Å². The van der Waals surface area contributed by atoms with Gasteiger partial charge in [0.15, 0.2) is 0 Å². The average molecular weight is 343 g/mol. The highest BCUT2D eigenvalue weighted by atomic mass is 79.9. The Bertz CT molecular complexity index is 598. The third kappa shape index (κ3) is 3.55. The molecule has 0 spiro atoms. The van der Waals surface area contributed by atoms with E-state index in [1.165, 1.54) is 12.1 Å². The van der Waals surface area contributed by atoms with Crippen LogP contribution in [0.25, 0.3) is 0 Å². The molecule has 0 aliphatic rings. The molecule has 2 aromatic rings. The van der Waals surface area contributed by atoms with Crippen LogP contribution in [0.1, 0.15) is 5.56 Å². The summed E-state index contributed by atoms with van der Waals surface area (Å²) in [7, 11) is 0. The molecule has 0 saturated heterocycles. The molecule has 2 aromatic carbocycles. The van der Waals surface area contributed by atoms with Gasteiger partial charge in [-0.2, -0.15) is 0 Å². The van der Waals surface area contributed by atoms with E-state index in [0.29, 0.717) is 5.69 Å². The van der Waals surface area contributed by atoms with E-state index in [-0.39, 0.29) is 22.9 Å². The van der Waals surface area contributed by atoms with Gasteiger partial charge in [-0.15, -0.1) is 0 Å². The first-order valence-corrected chi connectivity index (χ1v) is 6.72. The van der Waals surface area contributed by atoms with Gasteiger partial charge < -0.3 is 5.32 Å². The number of carbonyl (C=O) groups is 1. The van der Waals surface area contributed by atoms with Crippen LogP contribution in [0.4, 0.5) is 10.1 Å². The highest BCUT2D eigenvalue weighted by molar-refractivity contribution is 9.10. The smallest absolute Gasteiger partial charge is 0.228 e. The zero-order chi connectivity index (χ0) is 13.8.